The molecule has 2 N–H and O–H groups in total. The number of hydrogen-bond donors (Lipinski definition) is 2. The second-order valence-electron chi connectivity index (χ2n) is 3.56. The van der Waals surface area contributed by atoms with E-state index in [0.717, 1.165) is 12.8 Å². The van der Waals surface area contributed by atoms with E-state index in [1.165, 1.54) is 0 Å². The molecule has 1 aliphatic carbocycles. The Kier molecular flexibility index (Phi) is 2.32. The van der Waals surface area contributed by atoms with Crippen molar-refractivity contribution in [3.05, 3.63) is 0 Å². The molecule has 10 heavy (non-hydrogen) atoms. The molecule has 1 fully saturated rings. The number of aliphatic hydroxyl groups is 2. The van der Waals surface area contributed by atoms with Crippen LogP contribution in [0.1, 0.15) is 26.7 Å². The van der Waals surface area contributed by atoms with Crippen molar-refractivity contribution < 1.29 is 10.2 Å². The van der Waals surface area contributed by atoms with E-state index in [2.05, 4.69) is 0 Å². The lowest BCUT2D eigenvalue weighted by Crippen LogP contribution is -2.35. The van der Waals surface area contributed by atoms with Gasteiger partial charge in [0.2, 0.25) is 0 Å². The SMILES string of the molecule is CC1CC(O)C(C)CC1O. The molecule has 0 amide bonds. The summed E-state index contributed by atoms with van der Waals surface area (Å²) in [6.07, 6.45) is 1.11. The Balaban J connectivity index is 2.46. The van der Waals surface area contributed by atoms with Crippen LogP contribution in [0.25, 0.3) is 0 Å². The van der Waals surface area contributed by atoms with E-state index < -0.39 is 0 Å². The number of aliphatic hydroxyl groups excluding tert-OH is 2. The van der Waals surface area contributed by atoms with E-state index >= 15 is 0 Å². The Morgan fingerprint density at radius 1 is 0.900 bits per heavy atom. The first-order chi connectivity index (χ1) is 4.61. The van der Waals surface area contributed by atoms with Gasteiger partial charge in [-0.1, -0.05) is 13.8 Å². The predicted molar refractivity (Wildman–Crippen MR) is 39.6 cm³/mol. The molecule has 1 rings (SSSR count). The zero-order chi connectivity index (χ0) is 7.72. The van der Waals surface area contributed by atoms with Crippen molar-refractivity contribution in [3.8, 4) is 0 Å². The van der Waals surface area contributed by atoms with Crippen molar-refractivity contribution in [2.24, 2.45) is 11.8 Å². The molecule has 0 saturated heterocycles. The van der Waals surface area contributed by atoms with Gasteiger partial charge >= 0.3 is 0 Å². The van der Waals surface area contributed by atoms with Crippen molar-refractivity contribution in [2.75, 3.05) is 0 Å². The van der Waals surface area contributed by atoms with Gasteiger partial charge in [0.15, 0.2) is 0 Å². The van der Waals surface area contributed by atoms with Gasteiger partial charge < -0.3 is 10.2 Å². The second-order valence-corrected chi connectivity index (χ2v) is 3.56. The molecule has 1 aliphatic rings. The summed E-state index contributed by atoms with van der Waals surface area (Å²) in [5, 5.41) is 18.7. The van der Waals surface area contributed by atoms with Crippen molar-refractivity contribution in [2.45, 2.75) is 38.9 Å². The van der Waals surface area contributed by atoms with Crippen LogP contribution in [-0.4, -0.2) is 22.4 Å². The van der Waals surface area contributed by atoms with Gasteiger partial charge in [-0.25, -0.2) is 0 Å². The Bertz CT molecular complexity index is 87.8. The minimum atomic E-state index is -0.196. The fourth-order valence-electron chi connectivity index (χ4n) is 1.54. The van der Waals surface area contributed by atoms with Gasteiger partial charge in [-0.3, -0.25) is 0 Å². The largest absolute Gasteiger partial charge is 0.393 e. The second kappa shape index (κ2) is 2.89. The van der Waals surface area contributed by atoms with Crippen LogP contribution >= 0.6 is 0 Å². The van der Waals surface area contributed by atoms with Crippen LogP contribution in [0.3, 0.4) is 0 Å². The highest BCUT2D eigenvalue weighted by Crippen LogP contribution is 2.28. The lowest BCUT2D eigenvalue weighted by molar-refractivity contribution is -0.0203. The fourth-order valence-corrected chi connectivity index (χ4v) is 1.54. The van der Waals surface area contributed by atoms with Crippen molar-refractivity contribution in [1.82, 2.24) is 0 Å². The first kappa shape index (κ1) is 8.02. The molecule has 4 atom stereocenters. The lowest BCUT2D eigenvalue weighted by atomic mass is 9.80. The molecule has 2 heteroatoms. The highest BCUT2D eigenvalue weighted by molar-refractivity contribution is 4.80. The van der Waals surface area contributed by atoms with Crippen LogP contribution in [0.2, 0.25) is 0 Å². The summed E-state index contributed by atoms with van der Waals surface area (Å²) in [7, 11) is 0. The molecule has 1 saturated carbocycles. The smallest absolute Gasteiger partial charge is 0.0570 e. The Labute approximate surface area is 61.9 Å². The molecule has 0 spiro atoms. The normalized spacial score (nSPS) is 49.2. The number of rotatable bonds is 0. The average Bonchev–Trinajstić information content (AvgIpc) is 1.84. The molecule has 0 bridgehead atoms. The van der Waals surface area contributed by atoms with Gasteiger partial charge in [0, 0.05) is 0 Å². The van der Waals surface area contributed by atoms with Crippen LogP contribution in [-0.2, 0) is 0 Å². The number of hydrogen-bond acceptors (Lipinski definition) is 2. The molecule has 0 aromatic rings. The van der Waals surface area contributed by atoms with Gasteiger partial charge in [-0.15, -0.1) is 0 Å². The summed E-state index contributed by atoms with van der Waals surface area (Å²) in [4.78, 5) is 0. The third-order valence-corrected chi connectivity index (χ3v) is 2.54. The molecule has 0 aromatic carbocycles. The minimum absolute atomic E-state index is 0.196. The first-order valence-electron chi connectivity index (χ1n) is 3.97. The summed E-state index contributed by atoms with van der Waals surface area (Å²) in [6, 6.07) is 0. The third kappa shape index (κ3) is 1.50. The van der Waals surface area contributed by atoms with E-state index in [0.29, 0.717) is 0 Å². The van der Waals surface area contributed by atoms with E-state index in [1.54, 1.807) is 0 Å². The standard InChI is InChI=1S/C8H16O2/c1-5-3-8(10)6(2)4-7(5)9/h5-10H,3-4H2,1-2H3. The van der Waals surface area contributed by atoms with E-state index in [-0.39, 0.29) is 24.0 Å². The fraction of sp³-hybridized carbons (Fsp3) is 1.00. The maximum Gasteiger partial charge on any atom is 0.0570 e. The van der Waals surface area contributed by atoms with E-state index in [4.69, 9.17) is 0 Å². The maximum absolute atomic E-state index is 9.35. The zero-order valence-corrected chi connectivity index (χ0v) is 6.62. The van der Waals surface area contributed by atoms with Gasteiger partial charge in [-0.05, 0) is 24.7 Å². The molecule has 4 unspecified atom stereocenters. The van der Waals surface area contributed by atoms with Crippen molar-refractivity contribution >= 4 is 0 Å². The highest BCUT2D eigenvalue weighted by atomic mass is 16.3. The predicted octanol–water partition coefficient (Wildman–Crippen LogP) is 0.774. The molecule has 0 aromatic heterocycles. The van der Waals surface area contributed by atoms with Gasteiger partial charge in [-0.2, -0.15) is 0 Å². The molecule has 0 radical (unpaired) electrons. The van der Waals surface area contributed by atoms with Crippen LogP contribution in [0.5, 0.6) is 0 Å². The van der Waals surface area contributed by atoms with Crippen LogP contribution in [0.15, 0.2) is 0 Å². The monoisotopic (exact) mass is 144 g/mol. The zero-order valence-electron chi connectivity index (χ0n) is 6.62. The minimum Gasteiger partial charge on any atom is -0.393 e. The summed E-state index contributed by atoms with van der Waals surface area (Å²) in [5.74, 6) is 0.539. The topological polar surface area (TPSA) is 40.5 Å². The summed E-state index contributed by atoms with van der Waals surface area (Å²) >= 11 is 0. The molecular weight excluding hydrogens is 128 g/mol. The van der Waals surface area contributed by atoms with Gasteiger partial charge in [0.1, 0.15) is 0 Å². The summed E-state index contributed by atoms with van der Waals surface area (Å²) < 4.78 is 0. The summed E-state index contributed by atoms with van der Waals surface area (Å²) in [5.41, 5.74) is 0. The Morgan fingerprint density at radius 3 is 1.50 bits per heavy atom. The van der Waals surface area contributed by atoms with Crippen LogP contribution < -0.4 is 0 Å². The van der Waals surface area contributed by atoms with Crippen molar-refractivity contribution in [3.63, 3.8) is 0 Å². The lowest BCUT2D eigenvalue weighted by Gasteiger charge is -2.33. The Morgan fingerprint density at radius 2 is 1.20 bits per heavy atom. The molecule has 0 aliphatic heterocycles. The van der Waals surface area contributed by atoms with E-state index in [1.807, 2.05) is 13.8 Å². The summed E-state index contributed by atoms with van der Waals surface area (Å²) in [6.45, 7) is 3.97. The molecular formula is C8H16O2. The van der Waals surface area contributed by atoms with E-state index in [9.17, 15) is 10.2 Å². The van der Waals surface area contributed by atoms with Gasteiger partial charge in [0.05, 0.1) is 12.2 Å². The first-order valence-corrected chi connectivity index (χ1v) is 3.97. The highest BCUT2D eigenvalue weighted by Gasteiger charge is 2.29. The molecule has 60 valence electrons. The van der Waals surface area contributed by atoms with Crippen LogP contribution in [0.4, 0.5) is 0 Å². The quantitative estimate of drug-likeness (QED) is 0.527. The van der Waals surface area contributed by atoms with Crippen molar-refractivity contribution in [1.29, 1.82) is 0 Å². The van der Waals surface area contributed by atoms with Crippen LogP contribution in [0, 0.1) is 11.8 Å². The molecule has 2 nitrogen and oxygen atoms in total. The third-order valence-electron chi connectivity index (χ3n) is 2.54. The maximum atomic E-state index is 9.35. The molecule has 0 heterocycles. The van der Waals surface area contributed by atoms with Gasteiger partial charge in [0.25, 0.3) is 0 Å². The Hall–Kier alpha value is -0.0800. The average molecular weight is 144 g/mol.